The summed E-state index contributed by atoms with van der Waals surface area (Å²) in [6, 6.07) is 0. The van der Waals surface area contributed by atoms with Crippen LogP contribution in [0.2, 0.25) is 0 Å². The van der Waals surface area contributed by atoms with E-state index < -0.39 is 0 Å². The van der Waals surface area contributed by atoms with Gasteiger partial charge >= 0.3 is 0 Å². The minimum Gasteiger partial charge on any atom is -0.379 e. The Morgan fingerprint density at radius 3 is 2.70 bits per heavy atom. The average Bonchev–Trinajstić information content (AvgIpc) is 3.17. The van der Waals surface area contributed by atoms with Crippen molar-refractivity contribution < 1.29 is 19.0 Å². The predicted molar refractivity (Wildman–Crippen MR) is 86.4 cm³/mol. The third kappa shape index (κ3) is 4.66. The molecule has 0 N–H and O–H groups in total. The van der Waals surface area contributed by atoms with E-state index in [0.29, 0.717) is 6.54 Å². The van der Waals surface area contributed by atoms with Crippen LogP contribution in [-0.2, 0) is 19.0 Å². The minimum atomic E-state index is -0.251. The van der Waals surface area contributed by atoms with Gasteiger partial charge < -0.3 is 19.1 Å². The molecule has 0 saturated carbocycles. The molecule has 1 amide bonds. The summed E-state index contributed by atoms with van der Waals surface area (Å²) in [5.74, 6) is 0.157. The van der Waals surface area contributed by atoms with Crippen LogP contribution >= 0.6 is 0 Å². The first-order chi connectivity index (χ1) is 11.1. The Morgan fingerprint density at radius 1 is 1.17 bits per heavy atom. The lowest BCUT2D eigenvalue weighted by Crippen LogP contribution is -2.42. The molecule has 6 heteroatoms. The lowest BCUT2D eigenvalue weighted by molar-refractivity contribution is -0.143. The van der Waals surface area contributed by atoms with Crippen LogP contribution in [0.15, 0.2) is 0 Å². The quantitative estimate of drug-likeness (QED) is 0.751. The third-order valence-corrected chi connectivity index (χ3v) is 4.87. The van der Waals surface area contributed by atoms with Crippen molar-refractivity contribution in [2.75, 3.05) is 45.9 Å². The maximum absolute atomic E-state index is 12.6. The first-order valence-corrected chi connectivity index (χ1v) is 9.01. The molecule has 0 radical (unpaired) electrons. The van der Waals surface area contributed by atoms with E-state index in [9.17, 15) is 4.79 Å². The van der Waals surface area contributed by atoms with Crippen LogP contribution in [-0.4, -0.2) is 86.1 Å². The summed E-state index contributed by atoms with van der Waals surface area (Å²) < 4.78 is 17.2. The smallest absolute Gasteiger partial charge is 0.251 e. The van der Waals surface area contributed by atoms with Crippen LogP contribution in [0.25, 0.3) is 0 Å². The fourth-order valence-corrected chi connectivity index (χ4v) is 3.72. The van der Waals surface area contributed by atoms with Crippen molar-refractivity contribution in [2.45, 2.75) is 57.5 Å². The number of ether oxygens (including phenoxy) is 3. The van der Waals surface area contributed by atoms with Crippen molar-refractivity contribution in [3.8, 4) is 0 Å². The van der Waals surface area contributed by atoms with Crippen LogP contribution in [0.1, 0.15) is 33.1 Å². The molecule has 6 nitrogen and oxygen atoms in total. The van der Waals surface area contributed by atoms with Crippen molar-refractivity contribution in [1.82, 2.24) is 9.80 Å². The van der Waals surface area contributed by atoms with E-state index in [1.807, 2.05) is 18.7 Å². The predicted octanol–water partition coefficient (Wildman–Crippen LogP) is 0.892. The molecule has 3 rings (SSSR count). The second-order valence-electron chi connectivity index (χ2n) is 7.12. The average molecular weight is 326 g/mol. The van der Waals surface area contributed by atoms with Crippen LogP contribution < -0.4 is 0 Å². The van der Waals surface area contributed by atoms with Gasteiger partial charge in [0.15, 0.2) is 0 Å². The molecule has 3 atom stereocenters. The van der Waals surface area contributed by atoms with Crippen LogP contribution in [0, 0.1) is 0 Å². The van der Waals surface area contributed by atoms with E-state index in [0.717, 1.165) is 58.7 Å². The fourth-order valence-electron chi connectivity index (χ4n) is 3.72. The summed E-state index contributed by atoms with van der Waals surface area (Å²) in [4.78, 5) is 16.9. The number of nitrogens with zero attached hydrogens (tertiary/aromatic N) is 2. The Labute approximate surface area is 139 Å². The molecular weight excluding hydrogens is 296 g/mol. The van der Waals surface area contributed by atoms with Gasteiger partial charge in [-0.3, -0.25) is 9.69 Å². The number of carbonyl (C=O) groups excluding carboxylic acids is 1. The topological polar surface area (TPSA) is 51.2 Å². The summed E-state index contributed by atoms with van der Waals surface area (Å²) >= 11 is 0. The Morgan fingerprint density at radius 2 is 1.96 bits per heavy atom. The SMILES string of the molecule is CC(C)O[C@@H]1CCN(C(=O)[C@@H]2CC[C@H](CN3CCOCC3)O2)C1. The maximum atomic E-state index is 12.6. The second-order valence-corrected chi connectivity index (χ2v) is 7.12. The summed E-state index contributed by atoms with van der Waals surface area (Å²) in [5.41, 5.74) is 0. The van der Waals surface area contributed by atoms with Gasteiger partial charge in [0.25, 0.3) is 5.91 Å². The highest BCUT2D eigenvalue weighted by Crippen LogP contribution is 2.25. The van der Waals surface area contributed by atoms with Gasteiger partial charge in [-0.15, -0.1) is 0 Å². The highest BCUT2D eigenvalue weighted by Gasteiger charge is 2.37. The first-order valence-electron chi connectivity index (χ1n) is 9.01. The third-order valence-electron chi connectivity index (χ3n) is 4.87. The summed E-state index contributed by atoms with van der Waals surface area (Å²) in [7, 11) is 0. The highest BCUT2D eigenvalue weighted by atomic mass is 16.5. The number of hydrogen-bond acceptors (Lipinski definition) is 5. The number of amides is 1. The van der Waals surface area contributed by atoms with Crippen molar-refractivity contribution in [3.63, 3.8) is 0 Å². The number of morpholine rings is 1. The van der Waals surface area contributed by atoms with Gasteiger partial charge in [0, 0.05) is 32.7 Å². The van der Waals surface area contributed by atoms with E-state index in [4.69, 9.17) is 14.2 Å². The molecule has 0 aromatic heterocycles. The van der Waals surface area contributed by atoms with Gasteiger partial charge in [-0.05, 0) is 33.1 Å². The molecule has 0 aliphatic carbocycles. The molecule has 0 bridgehead atoms. The Bertz CT molecular complexity index is 398. The van der Waals surface area contributed by atoms with E-state index in [1.165, 1.54) is 0 Å². The molecule has 0 spiro atoms. The minimum absolute atomic E-state index is 0.157. The lowest BCUT2D eigenvalue weighted by atomic mass is 10.1. The van der Waals surface area contributed by atoms with Crippen molar-refractivity contribution in [3.05, 3.63) is 0 Å². The van der Waals surface area contributed by atoms with Gasteiger partial charge in [-0.25, -0.2) is 0 Å². The molecule has 0 aromatic rings. The molecule has 3 aliphatic rings. The molecule has 23 heavy (non-hydrogen) atoms. The van der Waals surface area contributed by atoms with Gasteiger partial charge in [0.1, 0.15) is 6.10 Å². The van der Waals surface area contributed by atoms with E-state index in [-0.39, 0.29) is 30.3 Å². The molecule has 3 fully saturated rings. The zero-order valence-electron chi connectivity index (χ0n) is 14.4. The van der Waals surface area contributed by atoms with E-state index in [2.05, 4.69) is 4.90 Å². The number of hydrogen-bond donors (Lipinski definition) is 0. The van der Waals surface area contributed by atoms with Crippen molar-refractivity contribution in [1.29, 1.82) is 0 Å². The maximum Gasteiger partial charge on any atom is 0.251 e. The summed E-state index contributed by atoms with van der Waals surface area (Å²) in [6.45, 7) is 10.1. The second kappa shape index (κ2) is 7.92. The van der Waals surface area contributed by atoms with Crippen LogP contribution in [0.5, 0.6) is 0 Å². The normalized spacial score (nSPS) is 32.8. The van der Waals surface area contributed by atoms with Crippen molar-refractivity contribution >= 4 is 5.91 Å². The zero-order chi connectivity index (χ0) is 16.2. The zero-order valence-corrected chi connectivity index (χ0v) is 14.4. The standard InChI is InChI=1S/C17H30N2O4/c1-13(2)22-15-5-6-19(12-15)17(20)16-4-3-14(23-16)11-18-7-9-21-10-8-18/h13-16H,3-12H2,1-2H3/t14-,15-,16+/m1/s1. The summed E-state index contributed by atoms with van der Waals surface area (Å²) in [5, 5.41) is 0. The monoisotopic (exact) mass is 326 g/mol. The molecule has 3 heterocycles. The summed E-state index contributed by atoms with van der Waals surface area (Å²) in [6.07, 6.45) is 3.10. The number of rotatable bonds is 5. The van der Waals surface area contributed by atoms with E-state index >= 15 is 0 Å². The van der Waals surface area contributed by atoms with Gasteiger partial charge in [-0.1, -0.05) is 0 Å². The molecule has 3 saturated heterocycles. The van der Waals surface area contributed by atoms with Crippen molar-refractivity contribution in [2.24, 2.45) is 0 Å². The van der Waals surface area contributed by atoms with E-state index in [1.54, 1.807) is 0 Å². The Kier molecular flexibility index (Phi) is 5.91. The highest BCUT2D eigenvalue weighted by molar-refractivity contribution is 5.81. The fraction of sp³-hybridized carbons (Fsp3) is 0.941. The van der Waals surface area contributed by atoms with Crippen LogP contribution in [0.4, 0.5) is 0 Å². The lowest BCUT2D eigenvalue weighted by Gasteiger charge is -2.29. The Hall–Kier alpha value is -0.690. The number of carbonyl (C=O) groups is 1. The van der Waals surface area contributed by atoms with Gasteiger partial charge in [0.05, 0.1) is 31.5 Å². The van der Waals surface area contributed by atoms with Gasteiger partial charge in [0.2, 0.25) is 0 Å². The van der Waals surface area contributed by atoms with Crippen LogP contribution in [0.3, 0.4) is 0 Å². The molecule has 132 valence electrons. The largest absolute Gasteiger partial charge is 0.379 e. The number of likely N-dealkylation sites (tertiary alicyclic amines) is 1. The van der Waals surface area contributed by atoms with Gasteiger partial charge in [-0.2, -0.15) is 0 Å². The molecular formula is C17H30N2O4. The molecule has 3 aliphatic heterocycles. The first kappa shape index (κ1) is 17.1. The molecule has 0 aromatic carbocycles. The Balaban J connectivity index is 1.42. The molecule has 0 unspecified atom stereocenters.